The molecule has 0 unspecified atom stereocenters. The lowest BCUT2D eigenvalue weighted by atomic mass is 10.0. The maximum Gasteiger partial charge on any atom is 0.191 e. The predicted octanol–water partition coefficient (Wildman–Crippen LogP) is 7.96. The zero-order valence-electron chi connectivity index (χ0n) is 16.5. The molecule has 1 aromatic heterocycles. The van der Waals surface area contributed by atoms with Crippen LogP contribution in [0.25, 0.3) is 10.2 Å². The Labute approximate surface area is 163 Å². The number of aromatic nitrogens is 1. The minimum atomic E-state index is 0.217. The number of thiazole rings is 1. The van der Waals surface area contributed by atoms with Gasteiger partial charge in [0.1, 0.15) is 0 Å². The second-order valence-electron chi connectivity index (χ2n) is 7.40. The van der Waals surface area contributed by atoms with Crippen LogP contribution in [-0.2, 0) is 0 Å². The molecule has 0 fully saturated rings. The molecule has 0 radical (unpaired) electrons. The average Bonchev–Trinajstić information content (AvgIpc) is 3.09. The molecule has 0 N–H and O–H groups in total. The number of nitrogens with zero attached hydrogens (tertiary/aromatic N) is 1. The van der Waals surface area contributed by atoms with E-state index in [1.54, 1.807) is 0 Å². The fourth-order valence-electron chi connectivity index (χ4n) is 3.40. The summed E-state index contributed by atoms with van der Waals surface area (Å²) in [6, 6.07) is 7.99. The molecule has 144 valence electrons. The highest BCUT2D eigenvalue weighted by Crippen LogP contribution is 2.23. The van der Waals surface area contributed by atoms with Crippen molar-refractivity contribution in [1.82, 2.24) is 4.98 Å². The van der Waals surface area contributed by atoms with Gasteiger partial charge in [-0.3, -0.25) is 4.79 Å². The summed E-state index contributed by atoms with van der Waals surface area (Å²) in [4.78, 5) is 16.7. The van der Waals surface area contributed by atoms with Gasteiger partial charge in [0.25, 0.3) is 0 Å². The molecule has 0 atom stereocenters. The number of hydrogen-bond donors (Lipinski definition) is 0. The lowest BCUT2D eigenvalue weighted by molar-refractivity contribution is 0.0979. The number of fused-ring (bicyclic) bond motifs is 1. The van der Waals surface area contributed by atoms with Gasteiger partial charge in [-0.1, -0.05) is 96.1 Å². The minimum absolute atomic E-state index is 0.217. The number of benzene rings is 1. The molecule has 0 saturated heterocycles. The number of para-hydroxylation sites is 1. The van der Waals surface area contributed by atoms with Gasteiger partial charge in [-0.15, -0.1) is 11.3 Å². The summed E-state index contributed by atoms with van der Waals surface area (Å²) >= 11 is 1.53. The molecule has 1 heterocycles. The molecule has 2 aromatic rings. The van der Waals surface area contributed by atoms with Crippen molar-refractivity contribution in [2.45, 2.75) is 96.8 Å². The summed E-state index contributed by atoms with van der Waals surface area (Å²) in [6.07, 6.45) is 18.0. The SMILES string of the molecule is CCCCCCCCCCCCCCCC(=O)c1nc2ccccc2s1. The maximum absolute atomic E-state index is 12.3. The van der Waals surface area contributed by atoms with Gasteiger partial charge >= 0.3 is 0 Å². The first kappa shape index (κ1) is 21.1. The van der Waals surface area contributed by atoms with Crippen LogP contribution in [0, 0.1) is 0 Å². The Kier molecular flexibility index (Phi) is 10.6. The number of unbranched alkanes of at least 4 members (excludes halogenated alkanes) is 12. The summed E-state index contributed by atoms with van der Waals surface area (Å²) in [7, 11) is 0. The van der Waals surface area contributed by atoms with Gasteiger partial charge in [0, 0.05) is 6.42 Å². The van der Waals surface area contributed by atoms with Crippen LogP contribution in [0.4, 0.5) is 0 Å². The summed E-state index contributed by atoms with van der Waals surface area (Å²) in [5.41, 5.74) is 0.950. The first-order valence-electron chi connectivity index (χ1n) is 10.7. The lowest BCUT2D eigenvalue weighted by Crippen LogP contribution is -1.97. The Bertz CT molecular complexity index is 601. The summed E-state index contributed by atoms with van der Waals surface area (Å²) < 4.78 is 1.11. The third kappa shape index (κ3) is 7.99. The molecule has 1 aromatic carbocycles. The number of ketones is 1. The number of rotatable bonds is 15. The number of carbonyl (C=O) groups excluding carboxylic acids is 1. The Morgan fingerprint density at radius 3 is 1.92 bits per heavy atom. The van der Waals surface area contributed by atoms with Gasteiger partial charge in [-0.05, 0) is 18.6 Å². The van der Waals surface area contributed by atoms with E-state index in [1.807, 2.05) is 24.3 Å². The molecule has 0 aliphatic heterocycles. The van der Waals surface area contributed by atoms with Gasteiger partial charge in [-0.25, -0.2) is 4.98 Å². The van der Waals surface area contributed by atoms with Gasteiger partial charge in [-0.2, -0.15) is 0 Å². The zero-order chi connectivity index (χ0) is 18.5. The van der Waals surface area contributed by atoms with Gasteiger partial charge in [0.2, 0.25) is 0 Å². The van der Waals surface area contributed by atoms with Crippen LogP contribution in [0.15, 0.2) is 24.3 Å². The van der Waals surface area contributed by atoms with Crippen LogP contribution >= 0.6 is 11.3 Å². The molecule has 0 saturated carbocycles. The molecule has 3 heteroatoms. The van der Waals surface area contributed by atoms with E-state index in [0.717, 1.165) is 16.6 Å². The van der Waals surface area contributed by atoms with Gasteiger partial charge in [0.05, 0.1) is 10.2 Å². The fourth-order valence-corrected chi connectivity index (χ4v) is 4.33. The average molecular weight is 374 g/mol. The third-order valence-corrected chi connectivity index (χ3v) is 6.12. The molecular formula is C23H35NOS. The topological polar surface area (TPSA) is 30.0 Å². The van der Waals surface area contributed by atoms with E-state index in [4.69, 9.17) is 0 Å². The molecule has 0 bridgehead atoms. The maximum atomic E-state index is 12.3. The lowest BCUT2D eigenvalue weighted by Gasteiger charge is -2.02. The van der Waals surface area contributed by atoms with Crippen LogP contribution in [-0.4, -0.2) is 10.8 Å². The van der Waals surface area contributed by atoms with E-state index in [2.05, 4.69) is 11.9 Å². The standard InChI is InChI=1S/C23H35NOS/c1-2-3-4-5-6-7-8-9-10-11-12-13-14-18-21(25)23-24-20-17-15-16-19-22(20)26-23/h15-17,19H,2-14,18H2,1H3. The number of Topliss-reactive ketones (excluding diaryl/α,β-unsaturated/α-hetero) is 1. The van der Waals surface area contributed by atoms with Crippen LogP contribution in [0.1, 0.15) is 107 Å². The van der Waals surface area contributed by atoms with Crippen LogP contribution in [0.5, 0.6) is 0 Å². The van der Waals surface area contributed by atoms with E-state index < -0.39 is 0 Å². The van der Waals surface area contributed by atoms with Crippen LogP contribution < -0.4 is 0 Å². The Morgan fingerprint density at radius 2 is 1.35 bits per heavy atom. The van der Waals surface area contributed by atoms with E-state index in [9.17, 15) is 4.79 Å². The molecular weight excluding hydrogens is 338 g/mol. The summed E-state index contributed by atoms with van der Waals surface area (Å²) in [6.45, 7) is 2.27. The summed E-state index contributed by atoms with van der Waals surface area (Å²) in [5.74, 6) is 0.217. The second-order valence-corrected chi connectivity index (χ2v) is 8.43. The van der Waals surface area contributed by atoms with Crippen molar-refractivity contribution in [3.8, 4) is 0 Å². The minimum Gasteiger partial charge on any atom is -0.292 e. The van der Waals surface area contributed by atoms with Gasteiger partial charge < -0.3 is 0 Å². The molecule has 2 rings (SSSR count). The first-order chi connectivity index (χ1) is 12.8. The highest BCUT2D eigenvalue weighted by atomic mass is 32.1. The third-order valence-electron chi connectivity index (χ3n) is 5.04. The highest BCUT2D eigenvalue weighted by molar-refractivity contribution is 7.20. The Balaban J connectivity index is 1.43. The predicted molar refractivity (Wildman–Crippen MR) is 114 cm³/mol. The molecule has 26 heavy (non-hydrogen) atoms. The molecule has 0 spiro atoms. The van der Waals surface area contributed by atoms with Crippen molar-refractivity contribution < 1.29 is 4.79 Å². The van der Waals surface area contributed by atoms with E-state index in [-0.39, 0.29) is 5.78 Å². The molecule has 0 amide bonds. The van der Waals surface area contributed by atoms with Crippen molar-refractivity contribution in [2.24, 2.45) is 0 Å². The van der Waals surface area contributed by atoms with E-state index in [1.165, 1.54) is 88.4 Å². The van der Waals surface area contributed by atoms with Crippen molar-refractivity contribution in [3.63, 3.8) is 0 Å². The quantitative estimate of drug-likeness (QED) is 0.234. The second kappa shape index (κ2) is 13.0. The van der Waals surface area contributed by atoms with E-state index in [0.29, 0.717) is 11.4 Å². The zero-order valence-corrected chi connectivity index (χ0v) is 17.3. The highest BCUT2D eigenvalue weighted by Gasteiger charge is 2.11. The van der Waals surface area contributed by atoms with Crippen molar-refractivity contribution in [3.05, 3.63) is 29.3 Å². The van der Waals surface area contributed by atoms with Crippen LogP contribution in [0.3, 0.4) is 0 Å². The molecule has 2 nitrogen and oxygen atoms in total. The Morgan fingerprint density at radius 1 is 0.808 bits per heavy atom. The molecule has 0 aliphatic rings. The smallest absolute Gasteiger partial charge is 0.191 e. The van der Waals surface area contributed by atoms with Gasteiger partial charge in [0.15, 0.2) is 10.8 Å². The van der Waals surface area contributed by atoms with Crippen molar-refractivity contribution >= 4 is 27.3 Å². The Hall–Kier alpha value is -1.22. The fraction of sp³-hybridized carbons (Fsp3) is 0.652. The largest absolute Gasteiger partial charge is 0.292 e. The van der Waals surface area contributed by atoms with Crippen molar-refractivity contribution in [2.75, 3.05) is 0 Å². The van der Waals surface area contributed by atoms with Crippen molar-refractivity contribution in [1.29, 1.82) is 0 Å². The number of hydrogen-bond acceptors (Lipinski definition) is 3. The monoisotopic (exact) mass is 373 g/mol. The molecule has 0 aliphatic carbocycles. The van der Waals surface area contributed by atoms with Crippen LogP contribution in [0.2, 0.25) is 0 Å². The first-order valence-corrected chi connectivity index (χ1v) is 11.5. The van der Waals surface area contributed by atoms with E-state index >= 15 is 0 Å². The summed E-state index contributed by atoms with van der Waals surface area (Å²) in [5, 5.41) is 0.685. The number of carbonyl (C=O) groups is 1. The normalized spacial score (nSPS) is 11.3.